The van der Waals surface area contributed by atoms with Crippen LogP contribution in [-0.4, -0.2) is 28.9 Å². The lowest BCUT2D eigenvalue weighted by atomic mass is 10.0. The summed E-state index contributed by atoms with van der Waals surface area (Å²) in [6.07, 6.45) is 3.09. The van der Waals surface area contributed by atoms with Gasteiger partial charge in [0.05, 0.1) is 11.0 Å². The van der Waals surface area contributed by atoms with E-state index in [0.717, 1.165) is 35.9 Å². The van der Waals surface area contributed by atoms with E-state index in [9.17, 15) is 9.59 Å². The van der Waals surface area contributed by atoms with Gasteiger partial charge in [0.15, 0.2) is 11.2 Å². The number of fused-ring (bicyclic) bond motifs is 1. The van der Waals surface area contributed by atoms with Crippen molar-refractivity contribution >= 4 is 23.4 Å². The third-order valence-corrected chi connectivity index (χ3v) is 5.35. The molecule has 30 heavy (non-hydrogen) atoms. The Kier molecular flexibility index (Phi) is 6.77. The minimum absolute atomic E-state index is 0.165. The molecule has 0 spiro atoms. The molecule has 0 unspecified atom stereocenters. The summed E-state index contributed by atoms with van der Waals surface area (Å²) in [5, 5.41) is 2.61. The number of hydrogen-bond acceptors (Lipinski definition) is 3. The molecule has 2 aromatic carbocycles. The summed E-state index contributed by atoms with van der Waals surface area (Å²) >= 11 is 0. The Morgan fingerprint density at radius 2 is 2.03 bits per heavy atom. The lowest BCUT2D eigenvalue weighted by molar-refractivity contribution is -0.107. The number of benzene rings is 2. The second-order valence-electron chi connectivity index (χ2n) is 7.46. The van der Waals surface area contributed by atoms with Crippen molar-refractivity contribution < 1.29 is 9.59 Å². The molecule has 0 aliphatic rings. The van der Waals surface area contributed by atoms with Gasteiger partial charge in [-0.1, -0.05) is 36.8 Å². The summed E-state index contributed by atoms with van der Waals surface area (Å²) in [5.74, 6) is -0.358. The van der Waals surface area contributed by atoms with Gasteiger partial charge in [0.25, 0.3) is 5.91 Å². The maximum absolute atomic E-state index is 12.5. The fourth-order valence-corrected chi connectivity index (χ4v) is 3.81. The number of rotatable bonds is 7. The third-order valence-electron chi connectivity index (χ3n) is 5.35. The van der Waals surface area contributed by atoms with Crippen molar-refractivity contribution in [1.29, 1.82) is 0 Å². The summed E-state index contributed by atoms with van der Waals surface area (Å²) in [4.78, 5) is 32.3. The molecule has 156 valence electrons. The second kappa shape index (κ2) is 9.48. The zero-order valence-electron chi connectivity index (χ0n) is 18.0. The van der Waals surface area contributed by atoms with Crippen LogP contribution in [0.2, 0.25) is 0 Å². The largest absolute Gasteiger partial charge is 0.354 e. The van der Waals surface area contributed by atoms with Gasteiger partial charge >= 0.3 is 0 Å². The number of nitrogens with one attached hydrogen (secondary N) is 1. The number of nitrogens with zero attached hydrogens (tertiary/aromatic N) is 3. The van der Waals surface area contributed by atoms with E-state index in [1.165, 1.54) is 16.7 Å². The van der Waals surface area contributed by atoms with Crippen molar-refractivity contribution in [2.45, 2.75) is 46.6 Å². The van der Waals surface area contributed by atoms with Crippen LogP contribution in [-0.2, 0) is 24.2 Å². The van der Waals surface area contributed by atoms with Crippen molar-refractivity contribution in [3.05, 3.63) is 69.8 Å². The highest BCUT2D eigenvalue weighted by Gasteiger charge is 2.16. The van der Waals surface area contributed by atoms with Gasteiger partial charge in [0, 0.05) is 13.6 Å². The predicted molar refractivity (Wildman–Crippen MR) is 118 cm³/mol. The molecule has 1 N–H and O–H groups in total. The zero-order valence-corrected chi connectivity index (χ0v) is 18.0. The Morgan fingerprint density at radius 3 is 2.70 bits per heavy atom. The Hall–Kier alpha value is -3.28. The molecule has 0 saturated heterocycles. The quantitative estimate of drug-likeness (QED) is 0.614. The molecule has 0 bridgehead atoms. The van der Waals surface area contributed by atoms with Crippen molar-refractivity contribution in [2.24, 2.45) is 4.99 Å². The molecule has 0 fully saturated rings. The number of amides is 2. The smallest absolute Gasteiger partial charge is 0.273 e. The molecule has 0 aliphatic heterocycles. The number of hydrogen-bond donors (Lipinski definition) is 1. The number of aromatic nitrogens is 2. The standard InChI is InChI=1S/C24H28N4O2/c1-5-19-14-20-21(13-17(19)3)28(11-7-10-18-9-6-8-16(2)12-18)23(26-15-29)22(27-20)24(30)25-4/h6,8-9,12-15H,5,7,10-11H2,1-4H3,(H,25,30). The van der Waals surface area contributed by atoms with E-state index < -0.39 is 0 Å². The van der Waals surface area contributed by atoms with E-state index >= 15 is 0 Å². The van der Waals surface area contributed by atoms with Crippen LogP contribution in [0.4, 0.5) is 0 Å². The number of carbonyl (C=O) groups excluding carboxylic acids is 2. The molecule has 0 aliphatic carbocycles. The van der Waals surface area contributed by atoms with Crippen LogP contribution in [0.25, 0.3) is 11.0 Å². The van der Waals surface area contributed by atoms with Gasteiger partial charge in [0.2, 0.25) is 6.41 Å². The molecule has 6 heteroatoms. The Labute approximate surface area is 176 Å². The fraction of sp³-hybridized carbons (Fsp3) is 0.333. The van der Waals surface area contributed by atoms with Gasteiger partial charge in [-0.15, -0.1) is 0 Å². The van der Waals surface area contributed by atoms with Gasteiger partial charge in [-0.2, -0.15) is 4.99 Å². The first-order valence-corrected chi connectivity index (χ1v) is 10.3. The Bertz CT molecular complexity index is 1160. The van der Waals surface area contributed by atoms with Crippen LogP contribution in [0.15, 0.2) is 41.4 Å². The number of carbonyl (C=O) groups is 2. The molecule has 1 aromatic heterocycles. The second-order valence-corrected chi connectivity index (χ2v) is 7.46. The zero-order chi connectivity index (χ0) is 21.7. The summed E-state index contributed by atoms with van der Waals surface area (Å²) in [6, 6.07) is 12.5. The summed E-state index contributed by atoms with van der Waals surface area (Å²) in [6.45, 7) is 6.87. The van der Waals surface area contributed by atoms with Crippen LogP contribution in [0.3, 0.4) is 0 Å². The fourth-order valence-electron chi connectivity index (χ4n) is 3.81. The first kappa shape index (κ1) is 21.4. The normalized spacial score (nSPS) is 11.7. The van der Waals surface area contributed by atoms with Gasteiger partial charge < -0.3 is 9.88 Å². The van der Waals surface area contributed by atoms with Gasteiger partial charge in [-0.3, -0.25) is 9.59 Å². The molecule has 3 aromatic rings. The molecule has 6 nitrogen and oxygen atoms in total. The molecule has 1 heterocycles. The summed E-state index contributed by atoms with van der Waals surface area (Å²) < 4.78 is 1.95. The maximum Gasteiger partial charge on any atom is 0.273 e. The maximum atomic E-state index is 12.5. The molecule has 0 atom stereocenters. The third kappa shape index (κ3) is 4.48. The Balaban J connectivity index is 2.13. The first-order chi connectivity index (χ1) is 14.5. The summed E-state index contributed by atoms with van der Waals surface area (Å²) in [7, 11) is 1.55. The van der Waals surface area contributed by atoms with Gasteiger partial charge in [-0.25, -0.2) is 4.98 Å². The first-order valence-electron chi connectivity index (χ1n) is 10.3. The van der Waals surface area contributed by atoms with Crippen molar-refractivity contribution in [3.8, 4) is 0 Å². The van der Waals surface area contributed by atoms with Crippen LogP contribution in [0.5, 0.6) is 0 Å². The van der Waals surface area contributed by atoms with Crippen LogP contribution < -0.4 is 10.8 Å². The van der Waals surface area contributed by atoms with E-state index in [1.54, 1.807) is 7.05 Å². The minimum atomic E-state index is -0.358. The molecular formula is C24H28N4O2. The highest BCUT2D eigenvalue weighted by atomic mass is 16.2. The SMILES string of the molecule is CCc1cc2nc(C(=O)NC)c(=NC=O)n(CCCc3cccc(C)c3)c2cc1C. The molecular weight excluding hydrogens is 376 g/mol. The van der Waals surface area contributed by atoms with Crippen molar-refractivity contribution in [1.82, 2.24) is 14.9 Å². The average Bonchev–Trinajstić information content (AvgIpc) is 2.74. The molecule has 2 amide bonds. The van der Waals surface area contributed by atoms with E-state index in [0.29, 0.717) is 18.4 Å². The van der Waals surface area contributed by atoms with E-state index in [1.807, 2.05) is 10.6 Å². The summed E-state index contributed by atoms with van der Waals surface area (Å²) in [5.41, 5.74) is 6.91. The van der Waals surface area contributed by atoms with Crippen LogP contribution >= 0.6 is 0 Å². The highest BCUT2D eigenvalue weighted by molar-refractivity contribution is 5.93. The van der Waals surface area contributed by atoms with Gasteiger partial charge in [-0.05, 0) is 61.9 Å². The molecule has 0 radical (unpaired) electrons. The van der Waals surface area contributed by atoms with Crippen LogP contribution in [0.1, 0.15) is 46.1 Å². The lowest BCUT2D eigenvalue weighted by Gasteiger charge is -2.16. The van der Waals surface area contributed by atoms with Crippen molar-refractivity contribution in [3.63, 3.8) is 0 Å². The monoisotopic (exact) mass is 404 g/mol. The topological polar surface area (TPSA) is 76.3 Å². The van der Waals surface area contributed by atoms with Gasteiger partial charge in [0.1, 0.15) is 0 Å². The lowest BCUT2D eigenvalue weighted by Crippen LogP contribution is -2.34. The Morgan fingerprint density at radius 1 is 1.23 bits per heavy atom. The average molecular weight is 405 g/mol. The van der Waals surface area contributed by atoms with E-state index in [-0.39, 0.29) is 11.6 Å². The van der Waals surface area contributed by atoms with E-state index in [2.05, 4.69) is 66.4 Å². The van der Waals surface area contributed by atoms with E-state index in [4.69, 9.17) is 0 Å². The predicted octanol–water partition coefficient (Wildman–Crippen LogP) is 3.27. The van der Waals surface area contributed by atoms with Crippen LogP contribution in [0, 0.1) is 13.8 Å². The molecule has 0 saturated carbocycles. The van der Waals surface area contributed by atoms with Crippen molar-refractivity contribution in [2.75, 3.05) is 7.05 Å². The number of aryl methyl sites for hydroxylation is 5. The minimum Gasteiger partial charge on any atom is -0.354 e. The molecule has 3 rings (SSSR count). The highest BCUT2D eigenvalue weighted by Crippen LogP contribution is 2.19.